The minimum absolute atomic E-state index is 0.0197. The molecule has 2 N–H and O–H groups in total. The molecular weight excluding hydrogens is 363 g/mol. The number of piperidine rings is 1. The molecule has 0 radical (unpaired) electrons. The smallest absolute Gasteiger partial charge is 0.409 e. The summed E-state index contributed by atoms with van der Waals surface area (Å²) in [5.41, 5.74) is 1.69. The van der Waals surface area contributed by atoms with Crippen molar-refractivity contribution in [3.63, 3.8) is 0 Å². The maximum absolute atomic E-state index is 13.0. The molecular formula is C20H23FN4O3. The SMILES string of the molecule is CCOC(=O)N1CCC(NC(=O)c2cc(Nc3ccc(F)cc3)ccn2)CC1. The van der Waals surface area contributed by atoms with Crippen LogP contribution >= 0.6 is 0 Å². The summed E-state index contributed by atoms with van der Waals surface area (Å²) in [6, 6.07) is 9.32. The average Bonchev–Trinajstić information content (AvgIpc) is 2.71. The van der Waals surface area contributed by atoms with E-state index in [0.717, 1.165) is 0 Å². The molecule has 2 aromatic rings. The number of aromatic nitrogens is 1. The van der Waals surface area contributed by atoms with Crippen LogP contribution in [0.2, 0.25) is 0 Å². The zero-order valence-corrected chi connectivity index (χ0v) is 15.7. The molecule has 0 saturated carbocycles. The largest absolute Gasteiger partial charge is 0.450 e. The van der Waals surface area contributed by atoms with Crippen LogP contribution in [0.4, 0.5) is 20.6 Å². The van der Waals surface area contributed by atoms with Gasteiger partial charge in [0.25, 0.3) is 5.91 Å². The summed E-state index contributed by atoms with van der Waals surface area (Å²) in [6.07, 6.45) is 2.56. The first-order valence-electron chi connectivity index (χ1n) is 9.26. The lowest BCUT2D eigenvalue weighted by Gasteiger charge is -2.31. The van der Waals surface area contributed by atoms with Gasteiger partial charge in [0.05, 0.1) is 6.61 Å². The molecule has 0 aliphatic carbocycles. The van der Waals surface area contributed by atoms with E-state index in [-0.39, 0.29) is 23.9 Å². The van der Waals surface area contributed by atoms with Gasteiger partial charge in [-0.05, 0) is 56.2 Å². The van der Waals surface area contributed by atoms with Crippen LogP contribution in [0.15, 0.2) is 42.6 Å². The van der Waals surface area contributed by atoms with Gasteiger partial charge in [-0.1, -0.05) is 0 Å². The fourth-order valence-electron chi connectivity index (χ4n) is 3.01. The maximum Gasteiger partial charge on any atom is 0.409 e. The predicted octanol–water partition coefficient (Wildman–Crippen LogP) is 3.32. The van der Waals surface area contributed by atoms with Crippen LogP contribution in [0.3, 0.4) is 0 Å². The van der Waals surface area contributed by atoms with E-state index >= 15 is 0 Å². The Balaban J connectivity index is 1.55. The van der Waals surface area contributed by atoms with Gasteiger partial charge in [-0.15, -0.1) is 0 Å². The number of nitrogens with one attached hydrogen (secondary N) is 2. The molecule has 2 heterocycles. The van der Waals surface area contributed by atoms with E-state index in [4.69, 9.17) is 4.74 Å². The second-order valence-corrected chi connectivity index (χ2v) is 6.50. The minimum atomic E-state index is -0.312. The first kappa shape index (κ1) is 19.6. The summed E-state index contributed by atoms with van der Waals surface area (Å²) in [4.78, 5) is 30.0. The molecule has 1 saturated heterocycles. The third-order valence-electron chi connectivity index (χ3n) is 4.48. The van der Waals surface area contributed by atoms with Crippen molar-refractivity contribution in [2.24, 2.45) is 0 Å². The number of halogens is 1. The number of pyridine rings is 1. The fourth-order valence-corrected chi connectivity index (χ4v) is 3.01. The van der Waals surface area contributed by atoms with Crippen molar-refractivity contribution in [3.05, 3.63) is 54.1 Å². The van der Waals surface area contributed by atoms with Crippen molar-refractivity contribution in [1.82, 2.24) is 15.2 Å². The lowest BCUT2D eigenvalue weighted by Crippen LogP contribution is -2.46. The number of amides is 2. The van der Waals surface area contributed by atoms with E-state index in [9.17, 15) is 14.0 Å². The summed E-state index contributed by atoms with van der Waals surface area (Å²) in [7, 11) is 0. The topological polar surface area (TPSA) is 83.6 Å². The Morgan fingerprint density at radius 2 is 1.89 bits per heavy atom. The second kappa shape index (κ2) is 9.16. The maximum atomic E-state index is 13.0. The molecule has 28 heavy (non-hydrogen) atoms. The quantitative estimate of drug-likeness (QED) is 0.824. The molecule has 2 amide bonds. The van der Waals surface area contributed by atoms with Crippen LogP contribution in [0.5, 0.6) is 0 Å². The van der Waals surface area contributed by atoms with Gasteiger partial charge in [0.2, 0.25) is 0 Å². The second-order valence-electron chi connectivity index (χ2n) is 6.50. The lowest BCUT2D eigenvalue weighted by molar-refractivity contribution is 0.0856. The number of hydrogen-bond acceptors (Lipinski definition) is 5. The Labute approximate surface area is 162 Å². The Morgan fingerprint density at radius 1 is 1.18 bits per heavy atom. The Morgan fingerprint density at radius 3 is 2.57 bits per heavy atom. The Bertz CT molecular complexity index is 820. The first-order chi connectivity index (χ1) is 13.5. The van der Waals surface area contributed by atoms with Crippen LogP contribution in [0.25, 0.3) is 0 Å². The number of benzene rings is 1. The highest BCUT2D eigenvalue weighted by molar-refractivity contribution is 5.93. The van der Waals surface area contributed by atoms with Crippen molar-refractivity contribution in [2.75, 3.05) is 25.0 Å². The summed E-state index contributed by atoms with van der Waals surface area (Å²) >= 11 is 0. The monoisotopic (exact) mass is 386 g/mol. The van der Waals surface area contributed by atoms with E-state index in [1.54, 1.807) is 42.3 Å². The highest BCUT2D eigenvalue weighted by Gasteiger charge is 2.25. The predicted molar refractivity (Wildman–Crippen MR) is 103 cm³/mol. The number of nitrogens with zero attached hydrogens (tertiary/aromatic N) is 2. The van der Waals surface area contributed by atoms with Gasteiger partial charge in [-0.25, -0.2) is 9.18 Å². The molecule has 7 nitrogen and oxygen atoms in total. The van der Waals surface area contributed by atoms with Crippen LogP contribution in [-0.4, -0.2) is 47.6 Å². The van der Waals surface area contributed by atoms with Gasteiger partial charge >= 0.3 is 6.09 Å². The zero-order chi connectivity index (χ0) is 19.9. The number of rotatable bonds is 5. The van der Waals surface area contributed by atoms with E-state index in [1.807, 2.05) is 0 Å². The standard InChI is InChI=1S/C20H23FN4O3/c1-2-28-20(27)25-11-8-16(9-12-25)24-19(26)18-13-17(7-10-22-18)23-15-5-3-14(21)4-6-15/h3-7,10,13,16H,2,8-9,11-12H2,1H3,(H,22,23)(H,24,26). The third kappa shape index (κ3) is 5.18. The van der Waals surface area contributed by atoms with Crippen LogP contribution in [-0.2, 0) is 4.74 Å². The third-order valence-corrected chi connectivity index (χ3v) is 4.48. The lowest BCUT2D eigenvalue weighted by atomic mass is 10.1. The zero-order valence-electron chi connectivity index (χ0n) is 15.7. The fraction of sp³-hybridized carbons (Fsp3) is 0.350. The van der Waals surface area contributed by atoms with E-state index in [2.05, 4.69) is 15.6 Å². The van der Waals surface area contributed by atoms with Crippen LogP contribution in [0.1, 0.15) is 30.3 Å². The molecule has 8 heteroatoms. The van der Waals surface area contributed by atoms with Crippen LogP contribution < -0.4 is 10.6 Å². The first-order valence-corrected chi connectivity index (χ1v) is 9.26. The highest BCUT2D eigenvalue weighted by atomic mass is 19.1. The molecule has 0 bridgehead atoms. The van der Waals surface area contributed by atoms with Gasteiger partial charge < -0.3 is 20.3 Å². The molecule has 1 aliphatic rings. The van der Waals surface area contributed by atoms with E-state index in [1.165, 1.54) is 12.1 Å². The number of carbonyl (C=O) groups is 2. The molecule has 148 valence electrons. The normalized spacial score (nSPS) is 14.4. The Kier molecular flexibility index (Phi) is 6.41. The van der Waals surface area contributed by atoms with Gasteiger partial charge in [0, 0.05) is 36.7 Å². The Hall–Kier alpha value is -3.16. The number of ether oxygens (including phenoxy) is 1. The molecule has 0 unspecified atom stereocenters. The number of hydrogen-bond donors (Lipinski definition) is 2. The van der Waals surface area contributed by atoms with E-state index < -0.39 is 0 Å². The van der Waals surface area contributed by atoms with Crippen molar-refractivity contribution in [3.8, 4) is 0 Å². The van der Waals surface area contributed by atoms with Gasteiger partial charge in [0.1, 0.15) is 11.5 Å². The molecule has 0 atom stereocenters. The van der Waals surface area contributed by atoms with Crippen LogP contribution in [0, 0.1) is 5.82 Å². The molecule has 3 rings (SSSR count). The molecule has 0 spiro atoms. The minimum Gasteiger partial charge on any atom is -0.450 e. The van der Waals surface area contributed by atoms with Gasteiger partial charge in [-0.3, -0.25) is 9.78 Å². The molecule has 1 fully saturated rings. The van der Waals surface area contributed by atoms with Crippen molar-refractivity contribution in [2.45, 2.75) is 25.8 Å². The molecule has 1 aliphatic heterocycles. The molecule has 1 aromatic heterocycles. The van der Waals surface area contributed by atoms with Crippen molar-refractivity contribution < 1.29 is 18.7 Å². The summed E-state index contributed by atoms with van der Waals surface area (Å²) in [5.74, 6) is -0.577. The van der Waals surface area contributed by atoms with E-state index in [0.29, 0.717) is 49.6 Å². The van der Waals surface area contributed by atoms with Crippen molar-refractivity contribution >= 4 is 23.4 Å². The van der Waals surface area contributed by atoms with Gasteiger partial charge in [0.15, 0.2) is 0 Å². The number of anilines is 2. The summed E-state index contributed by atoms with van der Waals surface area (Å²) in [6.45, 7) is 3.22. The summed E-state index contributed by atoms with van der Waals surface area (Å²) < 4.78 is 18.0. The van der Waals surface area contributed by atoms with Crippen molar-refractivity contribution in [1.29, 1.82) is 0 Å². The average molecular weight is 386 g/mol. The summed E-state index contributed by atoms with van der Waals surface area (Å²) in [5, 5.41) is 6.08. The number of carbonyl (C=O) groups excluding carboxylic acids is 2. The highest BCUT2D eigenvalue weighted by Crippen LogP contribution is 2.18. The van der Waals surface area contributed by atoms with Gasteiger partial charge in [-0.2, -0.15) is 0 Å². The molecule has 1 aromatic carbocycles. The number of likely N-dealkylation sites (tertiary alicyclic amines) is 1.